The van der Waals surface area contributed by atoms with E-state index in [1.165, 1.54) is 0 Å². The van der Waals surface area contributed by atoms with Gasteiger partial charge in [0.2, 0.25) is 5.91 Å². The fourth-order valence-electron chi connectivity index (χ4n) is 3.12. The van der Waals surface area contributed by atoms with E-state index in [1.54, 1.807) is 21.5 Å². The van der Waals surface area contributed by atoms with E-state index in [4.69, 9.17) is 23.8 Å². The van der Waals surface area contributed by atoms with Crippen LogP contribution >= 0.6 is 23.8 Å². The highest BCUT2D eigenvalue weighted by molar-refractivity contribution is 7.71. The number of hydrogen-bond acceptors (Lipinski definition) is 4. The Morgan fingerprint density at radius 3 is 2.77 bits per heavy atom. The molecule has 0 spiro atoms. The Kier molecular flexibility index (Phi) is 5.78. The summed E-state index contributed by atoms with van der Waals surface area (Å²) in [5.74, 6) is 0.995. The Morgan fingerprint density at radius 2 is 2.00 bits per heavy atom. The lowest BCUT2D eigenvalue weighted by atomic mass is 10.1. The summed E-state index contributed by atoms with van der Waals surface area (Å²) in [6.45, 7) is 2.55. The van der Waals surface area contributed by atoms with Gasteiger partial charge in [-0.1, -0.05) is 47.5 Å². The average Bonchev–Trinajstić information content (AvgIpc) is 3.30. The second-order valence-electron chi connectivity index (χ2n) is 6.86. The lowest BCUT2D eigenvalue weighted by Gasteiger charge is -2.11. The van der Waals surface area contributed by atoms with Crippen LogP contribution in [0.4, 0.5) is 5.82 Å². The molecular weight excluding hydrogens is 420 g/mol. The molecule has 0 aliphatic rings. The van der Waals surface area contributed by atoms with Gasteiger partial charge in [0.05, 0.1) is 12.7 Å². The predicted molar refractivity (Wildman–Crippen MR) is 119 cm³/mol. The van der Waals surface area contributed by atoms with Crippen LogP contribution in [0, 0.1) is 11.7 Å². The quantitative estimate of drug-likeness (QED) is 0.436. The number of halogens is 1. The van der Waals surface area contributed by atoms with Gasteiger partial charge in [-0.2, -0.15) is 10.2 Å². The van der Waals surface area contributed by atoms with Gasteiger partial charge < -0.3 is 5.32 Å². The van der Waals surface area contributed by atoms with Crippen molar-refractivity contribution in [3.8, 4) is 11.4 Å². The van der Waals surface area contributed by atoms with Crippen LogP contribution in [-0.2, 0) is 17.9 Å². The fraction of sp³-hybridized carbons (Fsp3) is 0.143. The Hall–Kier alpha value is -3.23. The number of carbonyl (C=O) groups is 1. The fourth-order valence-corrected chi connectivity index (χ4v) is 3.45. The van der Waals surface area contributed by atoms with E-state index >= 15 is 0 Å². The smallest absolute Gasteiger partial charge is 0.245 e. The molecule has 7 nitrogen and oxygen atoms in total. The maximum absolute atomic E-state index is 12.8. The molecule has 0 aliphatic heterocycles. The zero-order valence-corrected chi connectivity index (χ0v) is 17.7. The third-order valence-corrected chi connectivity index (χ3v) is 5.13. The van der Waals surface area contributed by atoms with Gasteiger partial charge in [0.15, 0.2) is 10.6 Å². The second kappa shape index (κ2) is 8.64. The number of H-pyrrole nitrogens is 1. The van der Waals surface area contributed by atoms with Gasteiger partial charge >= 0.3 is 0 Å². The molecular formula is C21H19ClN6OS. The number of aromatic amines is 1. The van der Waals surface area contributed by atoms with E-state index in [2.05, 4.69) is 20.6 Å². The van der Waals surface area contributed by atoms with Gasteiger partial charge in [-0.15, -0.1) is 0 Å². The first-order chi connectivity index (χ1) is 14.5. The lowest BCUT2D eigenvalue weighted by Crippen LogP contribution is -2.21. The molecule has 9 heteroatoms. The van der Waals surface area contributed by atoms with Crippen molar-refractivity contribution >= 4 is 35.5 Å². The lowest BCUT2D eigenvalue weighted by molar-refractivity contribution is -0.116. The highest BCUT2D eigenvalue weighted by Gasteiger charge is 2.14. The predicted octanol–water partition coefficient (Wildman–Crippen LogP) is 4.45. The molecule has 1 amide bonds. The molecule has 0 aliphatic carbocycles. The van der Waals surface area contributed by atoms with Crippen LogP contribution in [0.25, 0.3) is 11.4 Å². The first kappa shape index (κ1) is 20.1. The van der Waals surface area contributed by atoms with Crippen LogP contribution in [0.15, 0.2) is 60.8 Å². The molecule has 0 saturated heterocycles. The number of aromatic nitrogens is 5. The van der Waals surface area contributed by atoms with Crippen molar-refractivity contribution < 1.29 is 4.79 Å². The van der Waals surface area contributed by atoms with E-state index in [1.807, 2.05) is 55.5 Å². The van der Waals surface area contributed by atoms with Crippen LogP contribution in [0.1, 0.15) is 11.1 Å². The van der Waals surface area contributed by atoms with Gasteiger partial charge in [0, 0.05) is 16.7 Å². The number of anilines is 1. The van der Waals surface area contributed by atoms with Crippen LogP contribution < -0.4 is 5.32 Å². The van der Waals surface area contributed by atoms with Crippen LogP contribution in [0.5, 0.6) is 0 Å². The van der Waals surface area contributed by atoms with Crippen molar-refractivity contribution in [3.05, 3.63) is 81.7 Å². The number of aryl methyl sites for hydroxylation is 1. The summed E-state index contributed by atoms with van der Waals surface area (Å²) in [6.07, 6.45) is 1.65. The first-order valence-electron chi connectivity index (χ1n) is 9.28. The topological polar surface area (TPSA) is 80.5 Å². The summed E-state index contributed by atoms with van der Waals surface area (Å²) < 4.78 is 3.78. The number of amides is 1. The summed E-state index contributed by atoms with van der Waals surface area (Å²) in [4.78, 5) is 12.8. The van der Waals surface area contributed by atoms with Gasteiger partial charge in [0.1, 0.15) is 12.4 Å². The minimum atomic E-state index is -0.223. The summed E-state index contributed by atoms with van der Waals surface area (Å²) in [5.41, 5.74) is 3.02. The van der Waals surface area contributed by atoms with Gasteiger partial charge in [-0.05, 0) is 42.9 Å². The number of rotatable bonds is 6. The van der Waals surface area contributed by atoms with Gasteiger partial charge in [-0.25, -0.2) is 4.68 Å². The molecule has 2 aromatic carbocycles. The Balaban J connectivity index is 1.50. The van der Waals surface area contributed by atoms with Crippen LogP contribution in [0.2, 0.25) is 5.02 Å². The number of benzene rings is 2. The van der Waals surface area contributed by atoms with Crippen molar-refractivity contribution in [3.63, 3.8) is 0 Å². The molecule has 0 bridgehead atoms. The van der Waals surface area contributed by atoms with E-state index < -0.39 is 0 Å². The minimum absolute atomic E-state index is 0.0325. The number of nitrogens with zero attached hydrogens (tertiary/aromatic N) is 4. The molecule has 2 N–H and O–H groups in total. The van der Waals surface area contributed by atoms with E-state index in [-0.39, 0.29) is 12.5 Å². The molecule has 30 heavy (non-hydrogen) atoms. The molecule has 0 fully saturated rings. The molecule has 0 saturated carbocycles. The van der Waals surface area contributed by atoms with Crippen molar-refractivity contribution in [2.45, 2.75) is 20.0 Å². The van der Waals surface area contributed by atoms with Crippen molar-refractivity contribution in [1.29, 1.82) is 0 Å². The standard InChI is InChI=1S/C21H19ClN6OS/c1-14-3-2-4-16(11-14)20-25-26-21(30)27(20)13-19(29)24-18-9-10-23-28(18)12-15-5-7-17(22)8-6-15/h2-11H,12-13H2,1H3,(H,24,29)(H,26,30). The molecule has 0 atom stereocenters. The summed E-state index contributed by atoms with van der Waals surface area (Å²) >= 11 is 11.3. The maximum atomic E-state index is 12.8. The van der Waals surface area contributed by atoms with Crippen molar-refractivity contribution in [2.24, 2.45) is 0 Å². The third kappa shape index (κ3) is 4.50. The summed E-state index contributed by atoms with van der Waals surface area (Å²) in [5, 5.41) is 14.9. The molecule has 2 heterocycles. The van der Waals surface area contributed by atoms with Crippen molar-refractivity contribution in [1.82, 2.24) is 24.5 Å². The number of carbonyl (C=O) groups excluding carboxylic acids is 1. The van der Waals surface area contributed by atoms with Gasteiger partial charge in [0.25, 0.3) is 0 Å². The van der Waals surface area contributed by atoms with E-state index in [0.29, 0.717) is 28.0 Å². The molecule has 4 rings (SSSR count). The summed E-state index contributed by atoms with van der Waals surface area (Å²) in [7, 11) is 0. The highest BCUT2D eigenvalue weighted by atomic mass is 35.5. The third-order valence-electron chi connectivity index (χ3n) is 4.57. The van der Waals surface area contributed by atoms with E-state index in [0.717, 1.165) is 16.7 Å². The van der Waals surface area contributed by atoms with E-state index in [9.17, 15) is 4.79 Å². The Labute approximate surface area is 183 Å². The zero-order valence-electron chi connectivity index (χ0n) is 16.2. The number of nitrogens with one attached hydrogen (secondary N) is 2. The van der Waals surface area contributed by atoms with Crippen LogP contribution in [0.3, 0.4) is 0 Å². The van der Waals surface area contributed by atoms with Crippen LogP contribution in [-0.4, -0.2) is 30.5 Å². The Bertz CT molecular complexity index is 1240. The average molecular weight is 439 g/mol. The molecule has 2 aromatic heterocycles. The maximum Gasteiger partial charge on any atom is 0.245 e. The Morgan fingerprint density at radius 1 is 1.20 bits per heavy atom. The zero-order chi connectivity index (χ0) is 21.1. The number of hydrogen-bond donors (Lipinski definition) is 2. The monoisotopic (exact) mass is 438 g/mol. The molecule has 152 valence electrons. The minimum Gasteiger partial charge on any atom is -0.309 e. The molecule has 4 aromatic rings. The first-order valence-corrected chi connectivity index (χ1v) is 10.1. The molecule has 0 radical (unpaired) electrons. The SMILES string of the molecule is Cc1cccc(-c2n[nH]c(=S)n2CC(=O)Nc2ccnn2Cc2ccc(Cl)cc2)c1. The highest BCUT2D eigenvalue weighted by Crippen LogP contribution is 2.19. The second-order valence-corrected chi connectivity index (χ2v) is 7.68. The molecule has 0 unspecified atom stereocenters. The largest absolute Gasteiger partial charge is 0.309 e. The van der Waals surface area contributed by atoms with Crippen molar-refractivity contribution in [2.75, 3.05) is 5.32 Å². The van der Waals surface area contributed by atoms with Gasteiger partial charge in [-0.3, -0.25) is 14.5 Å². The normalized spacial score (nSPS) is 10.9. The summed E-state index contributed by atoms with van der Waals surface area (Å²) in [6, 6.07) is 17.1.